The molecule has 0 aliphatic heterocycles. The number of ether oxygens (including phenoxy) is 1. The average Bonchev–Trinajstić information content (AvgIpc) is 2.72. The zero-order chi connectivity index (χ0) is 19.8. The Hall–Kier alpha value is -3.34. The summed E-state index contributed by atoms with van der Waals surface area (Å²) in [6.07, 6.45) is 2.09. The first kappa shape index (κ1) is 19.4. The molecule has 0 saturated carbocycles. The highest BCUT2D eigenvalue weighted by Gasteiger charge is 2.11. The largest absolute Gasteiger partial charge is 0.511 e. The van der Waals surface area contributed by atoms with E-state index in [1.165, 1.54) is 22.9 Å². The zero-order valence-corrected chi connectivity index (χ0v) is 15.9. The van der Waals surface area contributed by atoms with E-state index in [4.69, 9.17) is 5.11 Å². The molecule has 0 radical (unpaired) electrons. The molecule has 5 heteroatoms. The van der Waals surface area contributed by atoms with E-state index in [0.29, 0.717) is 0 Å². The summed E-state index contributed by atoms with van der Waals surface area (Å²) in [6.45, 7) is 3.61. The van der Waals surface area contributed by atoms with Gasteiger partial charge in [0, 0.05) is 13.1 Å². The van der Waals surface area contributed by atoms with Crippen LogP contribution < -0.4 is 9.64 Å². The Morgan fingerprint density at radius 3 is 2.32 bits per heavy atom. The molecule has 0 aliphatic carbocycles. The second kappa shape index (κ2) is 9.55. The van der Waals surface area contributed by atoms with Crippen molar-refractivity contribution in [2.24, 2.45) is 0 Å². The molecule has 0 unspecified atom stereocenters. The van der Waals surface area contributed by atoms with Gasteiger partial charge in [0.1, 0.15) is 5.82 Å². The fourth-order valence-electron chi connectivity index (χ4n) is 3.16. The Labute approximate surface area is 165 Å². The maximum absolute atomic E-state index is 10.6. The van der Waals surface area contributed by atoms with Crippen LogP contribution in [-0.2, 0) is 19.4 Å². The molecule has 2 aromatic carbocycles. The molecule has 144 valence electrons. The van der Waals surface area contributed by atoms with Crippen molar-refractivity contribution in [2.75, 3.05) is 11.4 Å². The van der Waals surface area contributed by atoms with Gasteiger partial charge in [0.2, 0.25) is 0 Å². The molecule has 5 nitrogen and oxygen atoms in total. The Bertz CT molecular complexity index is 895. The summed E-state index contributed by atoms with van der Waals surface area (Å²) >= 11 is 0. The van der Waals surface area contributed by atoms with Gasteiger partial charge >= 0.3 is 6.16 Å². The van der Waals surface area contributed by atoms with E-state index < -0.39 is 6.16 Å². The predicted octanol–water partition coefficient (Wildman–Crippen LogP) is 4.95. The van der Waals surface area contributed by atoms with Gasteiger partial charge in [-0.25, -0.2) is 9.78 Å². The Balaban J connectivity index is 1.71. The number of carbonyl (C=O) groups is 1. The normalized spacial score (nSPS) is 10.5. The summed E-state index contributed by atoms with van der Waals surface area (Å²) in [6, 6.07) is 22.4. The number of nitrogens with zero attached hydrogens (tertiary/aromatic N) is 2. The maximum atomic E-state index is 10.6. The molecule has 0 bridgehead atoms. The van der Waals surface area contributed by atoms with E-state index in [2.05, 4.69) is 70.1 Å². The molecule has 1 heterocycles. The average molecular weight is 376 g/mol. The molecule has 0 amide bonds. The molecule has 0 spiro atoms. The fourth-order valence-corrected chi connectivity index (χ4v) is 3.16. The number of carboxylic acid groups (broad SMARTS) is 1. The zero-order valence-electron chi connectivity index (χ0n) is 15.9. The van der Waals surface area contributed by atoms with Crippen LogP contribution in [0.5, 0.6) is 5.75 Å². The highest BCUT2D eigenvalue weighted by atomic mass is 16.7. The van der Waals surface area contributed by atoms with E-state index in [1.54, 1.807) is 12.1 Å². The fraction of sp³-hybridized carbons (Fsp3) is 0.217. The number of benzene rings is 2. The molecule has 28 heavy (non-hydrogen) atoms. The molecule has 0 aliphatic rings. The molecule has 3 rings (SSSR count). The highest BCUT2D eigenvalue weighted by molar-refractivity contribution is 5.61. The molecule has 0 saturated heterocycles. The van der Waals surface area contributed by atoms with Gasteiger partial charge in [-0.15, -0.1) is 0 Å². The van der Waals surface area contributed by atoms with Crippen LogP contribution in [0.2, 0.25) is 0 Å². The van der Waals surface area contributed by atoms with Crippen LogP contribution in [0.15, 0.2) is 72.9 Å². The van der Waals surface area contributed by atoms with Crippen LogP contribution in [0.4, 0.5) is 10.6 Å². The van der Waals surface area contributed by atoms with Gasteiger partial charge in [-0.1, -0.05) is 54.6 Å². The number of aromatic nitrogens is 1. The lowest BCUT2D eigenvalue weighted by Crippen LogP contribution is -2.23. The summed E-state index contributed by atoms with van der Waals surface area (Å²) in [5.41, 5.74) is 3.93. The SMILES string of the molecule is CCN(Cc1ccccc1CCc1ccccc1)c1ccc(OC(=O)O)cn1. The third-order valence-corrected chi connectivity index (χ3v) is 4.64. The third kappa shape index (κ3) is 5.33. The van der Waals surface area contributed by atoms with Crippen molar-refractivity contribution in [3.05, 3.63) is 89.6 Å². The Kier molecular flexibility index (Phi) is 6.63. The minimum atomic E-state index is -1.34. The van der Waals surface area contributed by atoms with E-state index in [-0.39, 0.29) is 5.75 Å². The first-order chi connectivity index (χ1) is 13.7. The van der Waals surface area contributed by atoms with Crippen LogP contribution in [-0.4, -0.2) is 22.8 Å². The number of rotatable bonds is 8. The maximum Gasteiger partial charge on any atom is 0.511 e. The summed E-state index contributed by atoms with van der Waals surface area (Å²) in [4.78, 5) is 17.1. The second-order valence-corrected chi connectivity index (χ2v) is 6.49. The quantitative estimate of drug-likeness (QED) is 0.564. The van der Waals surface area contributed by atoms with E-state index in [0.717, 1.165) is 31.7 Å². The van der Waals surface area contributed by atoms with Crippen molar-refractivity contribution in [3.8, 4) is 5.75 Å². The predicted molar refractivity (Wildman–Crippen MR) is 110 cm³/mol. The van der Waals surface area contributed by atoms with Crippen molar-refractivity contribution in [2.45, 2.75) is 26.3 Å². The first-order valence-electron chi connectivity index (χ1n) is 9.38. The highest BCUT2D eigenvalue weighted by Crippen LogP contribution is 2.20. The molecular formula is C23H24N2O3. The second-order valence-electron chi connectivity index (χ2n) is 6.49. The van der Waals surface area contributed by atoms with Crippen LogP contribution in [0.1, 0.15) is 23.6 Å². The van der Waals surface area contributed by atoms with Gasteiger partial charge in [-0.3, -0.25) is 0 Å². The van der Waals surface area contributed by atoms with Crippen molar-refractivity contribution in [3.63, 3.8) is 0 Å². The van der Waals surface area contributed by atoms with Gasteiger partial charge in [-0.05, 0) is 48.6 Å². The molecular weight excluding hydrogens is 352 g/mol. The Morgan fingerprint density at radius 1 is 0.964 bits per heavy atom. The van der Waals surface area contributed by atoms with E-state index in [1.807, 2.05) is 6.07 Å². The van der Waals surface area contributed by atoms with Gasteiger partial charge in [-0.2, -0.15) is 0 Å². The topological polar surface area (TPSA) is 62.7 Å². The number of hydrogen-bond acceptors (Lipinski definition) is 4. The molecule has 0 atom stereocenters. The summed E-state index contributed by atoms with van der Waals surface area (Å²) in [7, 11) is 0. The van der Waals surface area contributed by atoms with E-state index in [9.17, 15) is 4.79 Å². The molecule has 1 N–H and O–H groups in total. The van der Waals surface area contributed by atoms with Gasteiger partial charge < -0.3 is 14.7 Å². The van der Waals surface area contributed by atoms with Crippen LogP contribution in [0, 0.1) is 0 Å². The summed E-state index contributed by atoms with van der Waals surface area (Å²) in [5.74, 6) is 1.01. The van der Waals surface area contributed by atoms with Gasteiger partial charge in [0.15, 0.2) is 5.75 Å². The third-order valence-electron chi connectivity index (χ3n) is 4.64. The van der Waals surface area contributed by atoms with Crippen LogP contribution in [0.3, 0.4) is 0 Å². The monoisotopic (exact) mass is 376 g/mol. The van der Waals surface area contributed by atoms with Crippen molar-refractivity contribution < 1.29 is 14.6 Å². The summed E-state index contributed by atoms with van der Waals surface area (Å²) < 4.78 is 4.63. The Morgan fingerprint density at radius 2 is 1.68 bits per heavy atom. The standard InChI is InChI=1S/C23H24N2O3/c1-2-25(22-15-14-21(16-24-22)28-23(26)27)17-20-11-7-6-10-19(20)13-12-18-8-4-3-5-9-18/h3-11,14-16H,2,12-13,17H2,1H3,(H,26,27). The summed E-state index contributed by atoms with van der Waals surface area (Å²) in [5, 5.41) is 8.69. The van der Waals surface area contributed by atoms with Crippen molar-refractivity contribution in [1.29, 1.82) is 0 Å². The minimum Gasteiger partial charge on any atom is -0.449 e. The van der Waals surface area contributed by atoms with E-state index >= 15 is 0 Å². The lowest BCUT2D eigenvalue weighted by Gasteiger charge is -2.23. The number of hydrogen-bond donors (Lipinski definition) is 1. The van der Waals surface area contributed by atoms with Crippen molar-refractivity contribution in [1.82, 2.24) is 4.98 Å². The van der Waals surface area contributed by atoms with Crippen molar-refractivity contribution >= 4 is 12.0 Å². The lowest BCUT2D eigenvalue weighted by atomic mass is 9.99. The molecule has 3 aromatic rings. The lowest BCUT2D eigenvalue weighted by molar-refractivity contribution is 0.144. The smallest absolute Gasteiger partial charge is 0.449 e. The van der Waals surface area contributed by atoms with Gasteiger partial charge in [0.05, 0.1) is 6.20 Å². The number of aryl methyl sites for hydroxylation is 2. The van der Waals surface area contributed by atoms with Gasteiger partial charge in [0.25, 0.3) is 0 Å². The number of anilines is 1. The first-order valence-corrected chi connectivity index (χ1v) is 9.38. The molecule has 1 aromatic heterocycles. The molecule has 0 fully saturated rings. The minimum absolute atomic E-state index is 0.218. The van der Waals surface area contributed by atoms with Crippen LogP contribution in [0.25, 0.3) is 0 Å². The number of pyridine rings is 1. The van der Waals surface area contributed by atoms with Crippen LogP contribution >= 0.6 is 0 Å².